The molecule has 1 aromatic carbocycles. The number of piperidine rings is 1. The van der Waals surface area contributed by atoms with E-state index in [2.05, 4.69) is 17.1 Å². The number of benzene rings is 1. The molecule has 4 nitrogen and oxygen atoms in total. The molecule has 0 aliphatic carbocycles. The Labute approximate surface area is 149 Å². The fourth-order valence-corrected chi connectivity index (χ4v) is 3.55. The number of thioether (sulfide) groups is 1. The Morgan fingerprint density at radius 3 is 2.52 bits per heavy atom. The van der Waals surface area contributed by atoms with E-state index < -0.39 is 0 Å². The van der Waals surface area contributed by atoms with Gasteiger partial charge in [-0.3, -0.25) is 4.79 Å². The Bertz CT molecular complexity index is 464. The summed E-state index contributed by atoms with van der Waals surface area (Å²) in [4.78, 5) is 15.8. The van der Waals surface area contributed by atoms with Crippen molar-refractivity contribution in [3.8, 4) is 5.75 Å². The van der Waals surface area contributed by atoms with E-state index in [1.807, 2.05) is 24.3 Å². The maximum Gasteiger partial charge on any atom is 0.233 e. The monoisotopic (exact) mass is 358 g/mol. The minimum Gasteiger partial charge on any atom is -0.497 e. The molecule has 2 rings (SSSR count). The smallest absolute Gasteiger partial charge is 0.233 e. The summed E-state index contributed by atoms with van der Waals surface area (Å²) in [6.07, 6.45) is 3.15. The van der Waals surface area contributed by atoms with Crippen LogP contribution in [-0.4, -0.2) is 49.3 Å². The molecule has 1 N–H and O–H groups in total. The number of rotatable bonds is 7. The number of ether oxygens (including phenoxy) is 1. The lowest BCUT2D eigenvalue weighted by molar-refractivity contribution is -0.131. The van der Waals surface area contributed by atoms with E-state index in [4.69, 9.17) is 4.74 Å². The van der Waals surface area contributed by atoms with Crippen molar-refractivity contribution in [3.63, 3.8) is 0 Å². The Balaban J connectivity index is 0.00000264. The summed E-state index contributed by atoms with van der Waals surface area (Å²) in [6, 6.07) is 8.29. The van der Waals surface area contributed by atoms with Crippen LogP contribution in [0.2, 0.25) is 0 Å². The quantitative estimate of drug-likeness (QED) is 0.760. The Kier molecular flexibility index (Phi) is 9.44. The van der Waals surface area contributed by atoms with Crippen LogP contribution in [0.25, 0.3) is 0 Å². The van der Waals surface area contributed by atoms with Crippen molar-refractivity contribution >= 4 is 30.1 Å². The molecular formula is C17H27ClN2O2S. The van der Waals surface area contributed by atoms with Crippen LogP contribution >= 0.6 is 24.2 Å². The third-order valence-electron chi connectivity index (χ3n) is 3.96. The van der Waals surface area contributed by atoms with Crippen molar-refractivity contribution in [3.05, 3.63) is 24.3 Å². The van der Waals surface area contributed by atoms with Crippen LogP contribution in [0.1, 0.15) is 26.2 Å². The average molecular weight is 359 g/mol. The van der Waals surface area contributed by atoms with Gasteiger partial charge in [-0.25, -0.2) is 0 Å². The highest BCUT2D eigenvalue weighted by atomic mass is 35.5. The van der Waals surface area contributed by atoms with Crippen LogP contribution in [0.15, 0.2) is 29.2 Å². The Morgan fingerprint density at radius 1 is 1.30 bits per heavy atom. The molecule has 0 saturated carbocycles. The molecule has 0 spiro atoms. The molecule has 1 heterocycles. The van der Waals surface area contributed by atoms with Gasteiger partial charge in [0.05, 0.1) is 12.9 Å². The zero-order chi connectivity index (χ0) is 15.8. The van der Waals surface area contributed by atoms with Gasteiger partial charge in [-0.2, -0.15) is 0 Å². The van der Waals surface area contributed by atoms with Gasteiger partial charge in [0.2, 0.25) is 5.91 Å². The number of nitrogens with one attached hydrogen (secondary N) is 1. The van der Waals surface area contributed by atoms with Gasteiger partial charge < -0.3 is 15.0 Å². The summed E-state index contributed by atoms with van der Waals surface area (Å²) in [5.74, 6) is 1.61. The fraction of sp³-hybridized carbons (Fsp3) is 0.588. The highest BCUT2D eigenvalue weighted by Gasteiger charge is 2.24. The number of halogens is 1. The summed E-state index contributed by atoms with van der Waals surface area (Å²) in [5.41, 5.74) is 0. The first-order chi connectivity index (χ1) is 10.7. The highest BCUT2D eigenvalue weighted by molar-refractivity contribution is 8.00. The molecule has 0 radical (unpaired) electrons. The van der Waals surface area contributed by atoms with Gasteiger partial charge in [0.25, 0.3) is 0 Å². The third kappa shape index (κ3) is 6.24. The molecule has 6 heteroatoms. The standard InChI is InChI=1S/C17H26N2O2S.ClH/c1-3-12-19(14-8-10-18-11-9-14)17(20)13-22-16-6-4-15(21-2)5-7-16;/h4-7,14,18H,3,8-13H2,1-2H3;1H. The molecule has 130 valence electrons. The predicted molar refractivity (Wildman–Crippen MR) is 98.9 cm³/mol. The molecule has 0 atom stereocenters. The number of carbonyl (C=O) groups is 1. The number of carbonyl (C=O) groups excluding carboxylic acids is 1. The second-order valence-corrected chi connectivity index (χ2v) is 6.58. The zero-order valence-corrected chi connectivity index (χ0v) is 15.5. The topological polar surface area (TPSA) is 41.6 Å². The van der Waals surface area contributed by atoms with Gasteiger partial charge in [-0.1, -0.05) is 6.92 Å². The maximum absolute atomic E-state index is 12.6. The highest BCUT2D eigenvalue weighted by Crippen LogP contribution is 2.22. The van der Waals surface area contributed by atoms with Gasteiger partial charge >= 0.3 is 0 Å². The minimum atomic E-state index is 0. The third-order valence-corrected chi connectivity index (χ3v) is 4.95. The second-order valence-electron chi connectivity index (χ2n) is 5.53. The summed E-state index contributed by atoms with van der Waals surface area (Å²) in [7, 11) is 1.66. The summed E-state index contributed by atoms with van der Waals surface area (Å²) < 4.78 is 5.15. The summed E-state index contributed by atoms with van der Waals surface area (Å²) in [6.45, 7) is 5.04. The van der Waals surface area contributed by atoms with E-state index in [1.165, 1.54) is 0 Å². The van der Waals surface area contributed by atoms with Crippen molar-refractivity contribution in [2.24, 2.45) is 0 Å². The first kappa shape index (κ1) is 20.1. The predicted octanol–water partition coefficient (Wildman–Crippen LogP) is 3.20. The maximum atomic E-state index is 12.6. The van der Waals surface area contributed by atoms with Crippen LogP contribution in [0.3, 0.4) is 0 Å². The van der Waals surface area contributed by atoms with Crippen molar-refractivity contribution in [1.29, 1.82) is 0 Å². The SMILES string of the molecule is CCCN(C(=O)CSc1ccc(OC)cc1)C1CCNCC1.Cl. The normalized spacial score (nSPS) is 14.9. The first-order valence-corrected chi connectivity index (χ1v) is 9.00. The molecular weight excluding hydrogens is 332 g/mol. The number of amides is 1. The van der Waals surface area contributed by atoms with Gasteiger partial charge in [-0.05, 0) is 56.6 Å². The lowest BCUT2D eigenvalue weighted by Crippen LogP contribution is -2.47. The Morgan fingerprint density at radius 2 is 1.96 bits per heavy atom. The van der Waals surface area contributed by atoms with Gasteiger partial charge in [0.1, 0.15) is 5.75 Å². The van der Waals surface area contributed by atoms with Crippen LogP contribution in [0.5, 0.6) is 5.75 Å². The molecule has 1 amide bonds. The van der Waals surface area contributed by atoms with Gasteiger partial charge in [0, 0.05) is 17.5 Å². The Hall–Kier alpha value is -0.910. The van der Waals surface area contributed by atoms with Gasteiger partial charge in [0.15, 0.2) is 0 Å². The molecule has 1 aromatic rings. The van der Waals surface area contributed by atoms with Crippen LogP contribution in [0.4, 0.5) is 0 Å². The number of nitrogens with zero attached hydrogens (tertiary/aromatic N) is 1. The molecule has 1 fully saturated rings. The van der Waals surface area contributed by atoms with Crippen molar-refractivity contribution in [2.75, 3.05) is 32.5 Å². The summed E-state index contributed by atoms with van der Waals surface area (Å²) >= 11 is 1.60. The second kappa shape index (κ2) is 10.8. The summed E-state index contributed by atoms with van der Waals surface area (Å²) in [5, 5.41) is 3.36. The molecule has 0 bridgehead atoms. The molecule has 1 aliphatic heterocycles. The molecule has 1 saturated heterocycles. The van der Waals surface area contributed by atoms with E-state index in [9.17, 15) is 4.79 Å². The molecule has 0 aromatic heterocycles. The van der Waals surface area contributed by atoms with E-state index in [-0.39, 0.29) is 18.3 Å². The number of methoxy groups -OCH3 is 1. The van der Waals surface area contributed by atoms with Crippen LogP contribution in [0, 0.1) is 0 Å². The van der Waals surface area contributed by atoms with Crippen molar-refractivity contribution in [2.45, 2.75) is 37.1 Å². The van der Waals surface area contributed by atoms with Gasteiger partial charge in [-0.15, -0.1) is 24.2 Å². The number of hydrogen-bond acceptors (Lipinski definition) is 4. The average Bonchev–Trinajstić information content (AvgIpc) is 2.58. The van der Waals surface area contributed by atoms with E-state index in [0.717, 1.165) is 49.5 Å². The molecule has 23 heavy (non-hydrogen) atoms. The van der Waals surface area contributed by atoms with Crippen LogP contribution in [-0.2, 0) is 4.79 Å². The zero-order valence-electron chi connectivity index (χ0n) is 13.9. The first-order valence-electron chi connectivity index (χ1n) is 8.01. The molecule has 0 unspecified atom stereocenters. The molecule has 1 aliphatic rings. The minimum absolute atomic E-state index is 0. The van der Waals surface area contributed by atoms with Crippen LogP contribution < -0.4 is 10.1 Å². The largest absolute Gasteiger partial charge is 0.497 e. The fourth-order valence-electron chi connectivity index (χ4n) is 2.77. The van der Waals surface area contributed by atoms with E-state index in [0.29, 0.717) is 11.8 Å². The van der Waals surface area contributed by atoms with E-state index >= 15 is 0 Å². The lowest BCUT2D eigenvalue weighted by atomic mass is 10.0. The van der Waals surface area contributed by atoms with Crippen molar-refractivity contribution < 1.29 is 9.53 Å². The van der Waals surface area contributed by atoms with Crippen molar-refractivity contribution in [1.82, 2.24) is 10.2 Å². The number of hydrogen-bond donors (Lipinski definition) is 1. The lowest BCUT2D eigenvalue weighted by Gasteiger charge is -2.34. The van der Waals surface area contributed by atoms with E-state index in [1.54, 1.807) is 18.9 Å².